The summed E-state index contributed by atoms with van der Waals surface area (Å²) in [6.45, 7) is 4.54. The minimum absolute atomic E-state index is 0. The molecule has 2 atom stereocenters. The monoisotopic (exact) mass is 690 g/mol. The van der Waals surface area contributed by atoms with Crippen molar-refractivity contribution in [3.05, 3.63) is 121 Å². The van der Waals surface area contributed by atoms with Gasteiger partial charge in [-0.3, -0.25) is 0 Å². The van der Waals surface area contributed by atoms with Gasteiger partial charge in [-0.2, -0.15) is 15.1 Å². The van der Waals surface area contributed by atoms with Crippen LogP contribution in [-0.2, 0) is 38.5 Å². The maximum atomic E-state index is 3.66. The minimum atomic E-state index is -0.201. The van der Waals surface area contributed by atoms with Gasteiger partial charge in [0.25, 0.3) is 0 Å². The Bertz CT molecular complexity index is 1470. The first kappa shape index (κ1) is 35.6. The van der Waals surface area contributed by atoms with Crippen molar-refractivity contribution in [2.24, 2.45) is 0 Å². The summed E-state index contributed by atoms with van der Waals surface area (Å²) in [5.74, 6) is 0. The standard InChI is InChI=1S/2C18H18P.2ClH.Zr/c2*1-2-3-13-19-17-12-8-7-11-16(17)14-18(19)15-9-5-4-6-10-15;;;/h2*4-12H,2-3,13H2,1H3;2*1H;/q2*-1;;;+4/p-2. The quantitative estimate of drug-likeness (QED) is 0.167. The maximum Gasteiger partial charge on any atom is 4.00 e. The van der Waals surface area contributed by atoms with Crippen molar-refractivity contribution >= 4 is 36.1 Å². The van der Waals surface area contributed by atoms with Gasteiger partial charge in [0, 0.05) is 0 Å². The van der Waals surface area contributed by atoms with Crippen molar-refractivity contribution in [1.29, 1.82) is 0 Å². The zero-order valence-corrected chi connectivity index (χ0v) is 29.5. The van der Waals surface area contributed by atoms with Gasteiger partial charge in [0.05, 0.1) is 0 Å². The predicted molar refractivity (Wildman–Crippen MR) is 172 cm³/mol. The molecule has 6 aromatic rings. The molecular formula is C36H36Cl2P2Zr. The van der Waals surface area contributed by atoms with Crippen LogP contribution < -0.4 is 24.8 Å². The number of hydrogen-bond acceptors (Lipinski definition) is 0. The number of hydrogen-bond donors (Lipinski definition) is 0. The number of aryl methyl sites for hydroxylation is 2. The molecule has 5 heteroatoms. The van der Waals surface area contributed by atoms with E-state index in [1.807, 2.05) is 0 Å². The second-order valence-corrected chi connectivity index (χ2v) is 14.2. The molecule has 0 saturated heterocycles. The molecular weight excluding hydrogens is 656 g/mol. The van der Waals surface area contributed by atoms with Crippen molar-refractivity contribution in [2.75, 3.05) is 0 Å². The van der Waals surface area contributed by atoms with E-state index in [1.165, 1.54) is 80.7 Å². The average Bonchev–Trinajstić information content (AvgIpc) is 3.55. The van der Waals surface area contributed by atoms with Gasteiger partial charge in [0.1, 0.15) is 0 Å². The predicted octanol–water partition coefficient (Wildman–Crippen LogP) is 6.19. The largest absolute Gasteiger partial charge is 4.00 e. The molecule has 0 fully saturated rings. The fourth-order valence-corrected chi connectivity index (χ4v) is 10.5. The Kier molecular flexibility index (Phi) is 15.8. The van der Waals surface area contributed by atoms with Crippen molar-refractivity contribution in [2.45, 2.75) is 51.9 Å². The first-order valence-corrected chi connectivity index (χ1v) is 17.0. The summed E-state index contributed by atoms with van der Waals surface area (Å²) >= 11 is 0. The number of rotatable bonds is 8. The van der Waals surface area contributed by atoms with Crippen LogP contribution in [0.25, 0.3) is 42.7 Å². The number of benzene rings is 4. The molecule has 0 radical (unpaired) electrons. The Morgan fingerprint density at radius 1 is 0.488 bits per heavy atom. The molecule has 2 aromatic heterocycles. The Morgan fingerprint density at radius 2 is 0.829 bits per heavy atom. The van der Waals surface area contributed by atoms with Crippen molar-refractivity contribution < 1.29 is 51.0 Å². The van der Waals surface area contributed by atoms with Gasteiger partial charge in [-0.25, -0.2) is 0 Å². The SMILES string of the molecule is CCCCp1c(-c2ccccc2)[c-]c2ccccc21.CCCCp1c(-c2ccccc2)[c-]c2ccccc21.[Cl-].[Cl-].[Zr+4]. The third-order valence-corrected chi connectivity index (χ3v) is 12.3. The third-order valence-electron chi connectivity index (χ3n) is 7.00. The molecule has 0 aliphatic heterocycles. The summed E-state index contributed by atoms with van der Waals surface area (Å²) in [5, 5.41) is 8.53. The molecule has 208 valence electrons. The van der Waals surface area contributed by atoms with Gasteiger partial charge in [-0.15, -0.1) is 47.2 Å². The molecule has 0 aliphatic rings. The van der Waals surface area contributed by atoms with Gasteiger partial charge < -0.3 is 24.8 Å². The number of halogens is 2. The molecule has 6 rings (SSSR count). The molecule has 0 N–H and O–H groups in total. The summed E-state index contributed by atoms with van der Waals surface area (Å²) in [6, 6.07) is 46.4. The van der Waals surface area contributed by atoms with E-state index in [0.717, 1.165) is 0 Å². The van der Waals surface area contributed by atoms with Crippen LogP contribution in [-0.4, -0.2) is 0 Å². The fraction of sp³-hybridized carbons (Fsp3) is 0.222. The summed E-state index contributed by atoms with van der Waals surface area (Å²) < 4.78 is 0. The zero-order chi connectivity index (χ0) is 26.2. The van der Waals surface area contributed by atoms with E-state index in [2.05, 4.69) is 135 Å². The Balaban J connectivity index is 0.000000267. The van der Waals surface area contributed by atoms with Crippen LogP contribution in [0.5, 0.6) is 0 Å². The molecule has 0 spiro atoms. The van der Waals surface area contributed by atoms with Crippen molar-refractivity contribution in [3.8, 4) is 21.7 Å². The van der Waals surface area contributed by atoms with Crippen LogP contribution in [0.15, 0.2) is 109 Å². The Labute approximate surface area is 280 Å². The van der Waals surface area contributed by atoms with Crippen LogP contribution >= 0.6 is 15.1 Å². The van der Waals surface area contributed by atoms with Crippen LogP contribution in [0.2, 0.25) is 0 Å². The first-order valence-electron chi connectivity index (χ1n) is 13.9. The smallest absolute Gasteiger partial charge is 1.00 e. The zero-order valence-electron chi connectivity index (χ0n) is 23.8. The molecule has 2 unspecified atom stereocenters. The third kappa shape index (κ3) is 8.73. The Hall–Kier alpha value is -1.58. The number of fused-ring (bicyclic) bond motifs is 2. The molecule has 0 aliphatic carbocycles. The molecule has 0 bridgehead atoms. The van der Waals surface area contributed by atoms with E-state index in [9.17, 15) is 0 Å². The van der Waals surface area contributed by atoms with E-state index in [0.29, 0.717) is 0 Å². The molecule has 0 nitrogen and oxygen atoms in total. The van der Waals surface area contributed by atoms with E-state index < -0.39 is 0 Å². The topological polar surface area (TPSA) is 0 Å². The van der Waals surface area contributed by atoms with Crippen LogP contribution in [0, 0.1) is 12.1 Å². The second-order valence-electron chi connectivity index (χ2n) is 9.72. The van der Waals surface area contributed by atoms with Gasteiger partial charge in [-0.05, 0) is 25.2 Å². The minimum Gasteiger partial charge on any atom is -1.00 e. The molecule has 2 heterocycles. The average molecular weight is 693 g/mol. The number of unbranched alkanes of at least 4 members (excludes halogenated alkanes) is 2. The summed E-state index contributed by atoms with van der Waals surface area (Å²) in [5.41, 5.74) is 2.70. The molecule has 4 aromatic carbocycles. The van der Waals surface area contributed by atoms with Gasteiger partial charge in [0.15, 0.2) is 0 Å². The fourth-order valence-electron chi connectivity index (χ4n) is 5.01. The van der Waals surface area contributed by atoms with Crippen LogP contribution in [0.1, 0.15) is 39.5 Å². The normalized spacial score (nSPS) is 11.1. The molecule has 41 heavy (non-hydrogen) atoms. The van der Waals surface area contributed by atoms with Gasteiger partial charge in [0.2, 0.25) is 0 Å². The summed E-state index contributed by atoms with van der Waals surface area (Å²) in [6.07, 6.45) is 7.72. The molecule has 0 saturated carbocycles. The summed E-state index contributed by atoms with van der Waals surface area (Å²) in [7, 11) is -0.402. The van der Waals surface area contributed by atoms with Crippen molar-refractivity contribution in [1.82, 2.24) is 0 Å². The summed E-state index contributed by atoms with van der Waals surface area (Å²) in [4.78, 5) is 0. The second kappa shape index (κ2) is 18.2. The van der Waals surface area contributed by atoms with E-state index in [-0.39, 0.29) is 66.1 Å². The Morgan fingerprint density at radius 3 is 1.20 bits per heavy atom. The van der Waals surface area contributed by atoms with Crippen LogP contribution in [0.4, 0.5) is 0 Å². The van der Waals surface area contributed by atoms with Gasteiger partial charge in [-0.1, -0.05) is 144 Å². The van der Waals surface area contributed by atoms with Crippen molar-refractivity contribution in [3.63, 3.8) is 0 Å². The first-order chi connectivity index (χ1) is 18.8. The van der Waals surface area contributed by atoms with Gasteiger partial charge >= 0.3 is 26.2 Å². The van der Waals surface area contributed by atoms with E-state index in [4.69, 9.17) is 0 Å². The van der Waals surface area contributed by atoms with E-state index in [1.54, 1.807) is 0 Å². The maximum absolute atomic E-state index is 3.66. The van der Waals surface area contributed by atoms with E-state index >= 15 is 0 Å². The molecule has 0 amide bonds. The van der Waals surface area contributed by atoms with Crippen LogP contribution in [0.3, 0.4) is 0 Å².